The van der Waals surface area contributed by atoms with Crippen LogP contribution in [-0.4, -0.2) is 23.2 Å². The quantitative estimate of drug-likeness (QED) is 0.696. The molecule has 1 aromatic heterocycles. The molecule has 0 atom stereocenters. The Labute approximate surface area is 79.6 Å². The van der Waals surface area contributed by atoms with E-state index in [0.717, 1.165) is 17.2 Å². The fourth-order valence-corrected chi connectivity index (χ4v) is 0.911. The van der Waals surface area contributed by atoms with Gasteiger partial charge < -0.3 is 4.98 Å². The summed E-state index contributed by atoms with van der Waals surface area (Å²) in [5.74, 6) is 0.884. The number of imidazole rings is 1. The third kappa shape index (κ3) is 3.23. The van der Waals surface area contributed by atoms with Crippen LogP contribution in [-0.2, 0) is 0 Å². The highest BCUT2D eigenvalue weighted by Crippen LogP contribution is 2.03. The topological polar surface area (TPSA) is 41.0 Å². The van der Waals surface area contributed by atoms with Gasteiger partial charge in [-0.1, -0.05) is 20.4 Å². The average molecular weight is 179 g/mol. The van der Waals surface area contributed by atoms with E-state index in [1.807, 2.05) is 20.8 Å². The Hall–Kier alpha value is -1.38. The lowest BCUT2D eigenvalue weighted by atomic mass is 10.3. The first kappa shape index (κ1) is 11.6. The van der Waals surface area contributed by atoms with Crippen molar-refractivity contribution >= 4 is 12.3 Å². The summed E-state index contributed by atoms with van der Waals surface area (Å²) >= 11 is 0. The number of nitrogens with one attached hydrogen (secondary N) is 1. The molecule has 0 bridgehead atoms. The zero-order valence-corrected chi connectivity index (χ0v) is 8.76. The van der Waals surface area contributed by atoms with Crippen molar-refractivity contribution in [3.05, 3.63) is 23.8 Å². The van der Waals surface area contributed by atoms with Gasteiger partial charge in [-0.05, 0) is 13.0 Å². The molecule has 13 heavy (non-hydrogen) atoms. The lowest BCUT2D eigenvalue weighted by molar-refractivity contribution is 1.14. The largest absolute Gasteiger partial charge is 0.341 e. The van der Waals surface area contributed by atoms with E-state index in [-0.39, 0.29) is 0 Å². The highest BCUT2D eigenvalue weighted by molar-refractivity contribution is 5.81. The molecule has 0 radical (unpaired) electrons. The van der Waals surface area contributed by atoms with E-state index in [2.05, 4.69) is 21.5 Å². The molecule has 0 saturated carbocycles. The third-order valence-corrected chi connectivity index (χ3v) is 1.33. The number of aromatic nitrogens is 2. The van der Waals surface area contributed by atoms with Crippen LogP contribution in [0.2, 0.25) is 0 Å². The van der Waals surface area contributed by atoms with Crippen molar-refractivity contribution in [2.45, 2.75) is 20.8 Å². The predicted octanol–water partition coefficient (Wildman–Crippen LogP) is 2.44. The summed E-state index contributed by atoms with van der Waals surface area (Å²) in [6.45, 7) is 9.55. The van der Waals surface area contributed by atoms with E-state index in [1.165, 1.54) is 0 Å². The molecule has 0 aliphatic rings. The molecule has 0 saturated heterocycles. The average Bonchev–Trinajstić information content (AvgIpc) is 2.50. The summed E-state index contributed by atoms with van der Waals surface area (Å²) in [5.41, 5.74) is 1.77. The van der Waals surface area contributed by atoms with Gasteiger partial charge in [0.2, 0.25) is 0 Å². The van der Waals surface area contributed by atoms with Crippen LogP contribution in [0, 0.1) is 6.92 Å². The molecule has 0 aliphatic heterocycles. The summed E-state index contributed by atoms with van der Waals surface area (Å²) in [5, 5.41) is 0. The van der Waals surface area contributed by atoms with E-state index in [9.17, 15) is 0 Å². The summed E-state index contributed by atoms with van der Waals surface area (Å²) in [7, 11) is 1.73. The first-order valence-electron chi connectivity index (χ1n) is 4.39. The molecule has 0 unspecified atom stereocenters. The second-order valence-electron chi connectivity index (χ2n) is 2.21. The number of aliphatic imine (C=N–C) groups is 1. The monoisotopic (exact) mass is 179 g/mol. The van der Waals surface area contributed by atoms with Crippen LogP contribution in [0.25, 0.3) is 6.08 Å². The molecule has 1 heterocycles. The fraction of sp³-hybridized carbons (Fsp3) is 0.400. The van der Waals surface area contributed by atoms with E-state index in [0.29, 0.717) is 0 Å². The molecule has 0 amide bonds. The standard InChI is InChI=1S/C8H11N3.C2H6/c1-4-7-8(5-9-3)11-6(2)10-7;1-2/h4-5H,1H2,2-3H3,(H,10,11);1-2H3. The summed E-state index contributed by atoms with van der Waals surface area (Å²) < 4.78 is 0. The van der Waals surface area contributed by atoms with Crippen molar-refractivity contribution in [1.82, 2.24) is 9.97 Å². The normalized spacial score (nSPS) is 9.54. The number of hydrogen-bond acceptors (Lipinski definition) is 2. The number of nitrogens with zero attached hydrogens (tertiary/aromatic N) is 2. The Balaban J connectivity index is 0.000000671. The Morgan fingerprint density at radius 3 is 2.54 bits per heavy atom. The molecule has 0 aliphatic carbocycles. The molecule has 3 heteroatoms. The van der Waals surface area contributed by atoms with Crippen molar-refractivity contribution in [2.75, 3.05) is 7.05 Å². The Morgan fingerprint density at radius 1 is 1.46 bits per heavy atom. The smallest absolute Gasteiger partial charge is 0.104 e. The number of H-pyrrole nitrogens is 1. The molecule has 0 spiro atoms. The number of rotatable bonds is 2. The minimum atomic E-state index is 0.855. The van der Waals surface area contributed by atoms with Gasteiger partial charge in [-0.15, -0.1) is 0 Å². The molecular formula is C10H17N3. The molecule has 72 valence electrons. The van der Waals surface area contributed by atoms with Crippen LogP contribution in [0.5, 0.6) is 0 Å². The van der Waals surface area contributed by atoms with Gasteiger partial charge in [0, 0.05) is 13.3 Å². The maximum absolute atomic E-state index is 4.18. The van der Waals surface area contributed by atoms with Crippen LogP contribution >= 0.6 is 0 Å². The van der Waals surface area contributed by atoms with Crippen LogP contribution < -0.4 is 0 Å². The molecular weight excluding hydrogens is 162 g/mol. The van der Waals surface area contributed by atoms with E-state index in [1.54, 1.807) is 19.3 Å². The van der Waals surface area contributed by atoms with Gasteiger partial charge in [0.15, 0.2) is 0 Å². The zero-order valence-electron chi connectivity index (χ0n) is 8.76. The minimum Gasteiger partial charge on any atom is -0.341 e. The van der Waals surface area contributed by atoms with Gasteiger partial charge in [-0.3, -0.25) is 4.99 Å². The summed E-state index contributed by atoms with van der Waals surface area (Å²) in [6, 6.07) is 0. The molecule has 1 rings (SSSR count). The van der Waals surface area contributed by atoms with Gasteiger partial charge in [-0.25, -0.2) is 4.98 Å². The van der Waals surface area contributed by atoms with Crippen LogP contribution in [0.3, 0.4) is 0 Å². The number of aryl methyl sites for hydroxylation is 1. The molecule has 0 aromatic carbocycles. The zero-order chi connectivity index (χ0) is 10.3. The van der Waals surface area contributed by atoms with Crippen molar-refractivity contribution in [3.8, 4) is 0 Å². The summed E-state index contributed by atoms with van der Waals surface area (Å²) in [6.07, 6.45) is 3.44. The Bertz CT molecular complexity index is 284. The van der Waals surface area contributed by atoms with Gasteiger partial charge in [-0.2, -0.15) is 0 Å². The van der Waals surface area contributed by atoms with E-state index >= 15 is 0 Å². The minimum absolute atomic E-state index is 0.855. The summed E-state index contributed by atoms with van der Waals surface area (Å²) in [4.78, 5) is 11.1. The Kier molecular flexibility index (Phi) is 5.52. The first-order chi connectivity index (χ1) is 6.27. The van der Waals surface area contributed by atoms with E-state index in [4.69, 9.17) is 0 Å². The van der Waals surface area contributed by atoms with Crippen LogP contribution in [0.15, 0.2) is 11.6 Å². The fourth-order valence-electron chi connectivity index (χ4n) is 0.911. The Morgan fingerprint density at radius 2 is 2.08 bits per heavy atom. The van der Waals surface area contributed by atoms with Crippen LogP contribution in [0.4, 0.5) is 0 Å². The lowest BCUT2D eigenvalue weighted by Gasteiger charge is -1.85. The van der Waals surface area contributed by atoms with Gasteiger partial charge in [0.25, 0.3) is 0 Å². The highest BCUT2D eigenvalue weighted by atomic mass is 14.9. The van der Waals surface area contributed by atoms with Crippen LogP contribution in [0.1, 0.15) is 31.1 Å². The number of aromatic amines is 1. The van der Waals surface area contributed by atoms with Crippen molar-refractivity contribution in [3.63, 3.8) is 0 Å². The lowest BCUT2D eigenvalue weighted by Crippen LogP contribution is -1.83. The molecule has 0 fully saturated rings. The third-order valence-electron chi connectivity index (χ3n) is 1.33. The molecule has 3 nitrogen and oxygen atoms in total. The van der Waals surface area contributed by atoms with Gasteiger partial charge in [0.05, 0.1) is 11.4 Å². The second kappa shape index (κ2) is 6.17. The van der Waals surface area contributed by atoms with Crippen molar-refractivity contribution in [1.29, 1.82) is 0 Å². The van der Waals surface area contributed by atoms with Gasteiger partial charge >= 0.3 is 0 Å². The predicted molar refractivity (Wildman–Crippen MR) is 58.3 cm³/mol. The van der Waals surface area contributed by atoms with Crippen molar-refractivity contribution < 1.29 is 0 Å². The SMILES string of the molecule is C=Cc1nc(C)[nH]c1C=NC.CC. The second-order valence-corrected chi connectivity index (χ2v) is 2.21. The van der Waals surface area contributed by atoms with Gasteiger partial charge in [0.1, 0.15) is 5.82 Å². The molecule has 1 N–H and O–H groups in total. The maximum atomic E-state index is 4.18. The number of hydrogen-bond donors (Lipinski definition) is 1. The maximum Gasteiger partial charge on any atom is 0.104 e. The first-order valence-corrected chi connectivity index (χ1v) is 4.39. The highest BCUT2D eigenvalue weighted by Gasteiger charge is 2.00. The van der Waals surface area contributed by atoms with E-state index < -0.39 is 0 Å². The van der Waals surface area contributed by atoms with Crippen molar-refractivity contribution in [2.24, 2.45) is 4.99 Å². The molecule has 1 aromatic rings.